The zero-order chi connectivity index (χ0) is 18.0. The van der Waals surface area contributed by atoms with Gasteiger partial charge in [-0.3, -0.25) is 28.8 Å². The van der Waals surface area contributed by atoms with Gasteiger partial charge in [0.1, 0.15) is 6.04 Å². The van der Waals surface area contributed by atoms with Crippen LogP contribution in [0.15, 0.2) is 16.9 Å². The molecule has 9 heteroatoms. The Morgan fingerprint density at radius 1 is 1.04 bits per heavy atom. The number of carbonyl (C=O) groups is 3. The van der Waals surface area contributed by atoms with Crippen LogP contribution in [0.2, 0.25) is 0 Å². The topological polar surface area (TPSA) is 105 Å². The first-order valence-electron chi connectivity index (χ1n) is 8.71. The van der Waals surface area contributed by atoms with Crippen molar-refractivity contribution in [3.05, 3.63) is 28.2 Å². The monoisotopic (exact) mass is 355 g/mol. The second kappa shape index (κ2) is 5.20. The third-order valence-corrected chi connectivity index (χ3v) is 5.44. The van der Waals surface area contributed by atoms with Gasteiger partial charge in [0, 0.05) is 32.6 Å². The highest BCUT2D eigenvalue weighted by molar-refractivity contribution is 6.08. The van der Waals surface area contributed by atoms with Crippen molar-refractivity contribution in [2.75, 3.05) is 24.5 Å². The third kappa shape index (κ3) is 1.91. The Kier molecular flexibility index (Phi) is 3.03. The van der Waals surface area contributed by atoms with Gasteiger partial charge >= 0.3 is 5.69 Å². The van der Waals surface area contributed by atoms with E-state index in [1.54, 1.807) is 16.7 Å². The molecule has 3 aliphatic rings. The number of benzene rings is 1. The number of nitrogens with zero attached hydrogens (tertiary/aromatic N) is 3. The van der Waals surface area contributed by atoms with Crippen molar-refractivity contribution in [1.29, 1.82) is 0 Å². The lowest BCUT2D eigenvalue weighted by molar-refractivity contribution is -0.135. The molecular weight excluding hydrogens is 338 g/mol. The molecule has 1 aromatic heterocycles. The number of hydrogen-bond donors (Lipinski definition) is 2. The first-order valence-corrected chi connectivity index (χ1v) is 8.71. The van der Waals surface area contributed by atoms with Crippen LogP contribution < -0.4 is 21.2 Å². The lowest BCUT2D eigenvalue weighted by atomic mass is 10.0. The quantitative estimate of drug-likeness (QED) is 0.661. The summed E-state index contributed by atoms with van der Waals surface area (Å²) in [5, 5.41) is 5.19. The number of nitrogens with one attached hydrogen (secondary N) is 2. The largest absolute Gasteiger partial charge is 0.366 e. The number of anilines is 1. The number of amides is 3. The normalized spacial score (nSPS) is 22.2. The maximum Gasteiger partial charge on any atom is 0.329 e. The summed E-state index contributed by atoms with van der Waals surface area (Å²) in [5.74, 6) is -0.922. The molecule has 9 nitrogen and oxygen atoms in total. The Bertz CT molecular complexity index is 1050. The maximum absolute atomic E-state index is 13.1. The summed E-state index contributed by atoms with van der Waals surface area (Å²) in [5.41, 5.74) is 2.35. The van der Waals surface area contributed by atoms with Gasteiger partial charge in [0.25, 0.3) is 5.91 Å². The molecule has 2 aromatic rings. The molecule has 1 fully saturated rings. The number of imide groups is 1. The predicted molar refractivity (Wildman–Crippen MR) is 92.2 cm³/mol. The lowest BCUT2D eigenvalue weighted by Gasteiger charge is -2.29. The summed E-state index contributed by atoms with van der Waals surface area (Å²) in [4.78, 5) is 51.3. The predicted octanol–water partition coefficient (Wildman–Crippen LogP) is -0.656. The number of imidazole rings is 1. The smallest absolute Gasteiger partial charge is 0.329 e. The summed E-state index contributed by atoms with van der Waals surface area (Å²) in [6, 6.07) is 2.72. The van der Waals surface area contributed by atoms with Gasteiger partial charge < -0.3 is 10.2 Å². The van der Waals surface area contributed by atoms with E-state index in [9.17, 15) is 19.2 Å². The van der Waals surface area contributed by atoms with Crippen LogP contribution in [-0.4, -0.2) is 46.5 Å². The van der Waals surface area contributed by atoms with Crippen LogP contribution in [0.5, 0.6) is 0 Å². The van der Waals surface area contributed by atoms with Gasteiger partial charge in [-0.2, -0.15) is 0 Å². The molecule has 0 radical (unpaired) electrons. The van der Waals surface area contributed by atoms with Gasteiger partial charge in [0.2, 0.25) is 11.8 Å². The number of piperidine rings is 1. The zero-order valence-electron chi connectivity index (χ0n) is 13.9. The van der Waals surface area contributed by atoms with Crippen molar-refractivity contribution < 1.29 is 14.4 Å². The lowest BCUT2D eigenvalue weighted by Crippen LogP contribution is -2.45. The minimum Gasteiger partial charge on any atom is -0.366 e. The summed E-state index contributed by atoms with van der Waals surface area (Å²) in [6.45, 7) is 2.36. The van der Waals surface area contributed by atoms with E-state index in [0.717, 1.165) is 5.69 Å². The standard InChI is InChI=1S/C17H17N5O4/c23-12-4-3-11(16(25)19-12)22-10-2-1-9-13-14(10)21(17(22)26)8-7-20(13)6-5-18-15(9)24/h1-2,11H,3-8H2,(H,18,24)(H,19,23,25). The summed E-state index contributed by atoms with van der Waals surface area (Å²) >= 11 is 0. The fourth-order valence-electron chi connectivity index (χ4n) is 4.25. The highest BCUT2D eigenvalue weighted by Crippen LogP contribution is 2.36. The van der Waals surface area contributed by atoms with Gasteiger partial charge in [0.05, 0.1) is 22.3 Å². The van der Waals surface area contributed by atoms with E-state index >= 15 is 0 Å². The summed E-state index contributed by atoms with van der Waals surface area (Å²) < 4.78 is 3.12. The average molecular weight is 355 g/mol. The Hall–Kier alpha value is -3.10. The maximum atomic E-state index is 13.1. The molecule has 0 saturated carbocycles. The second-order valence-corrected chi connectivity index (χ2v) is 6.84. The Morgan fingerprint density at radius 3 is 2.69 bits per heavy atom. The molecule has 3 aliphatic heterocycles. The minimum atomic E-state index is -0.715. The van der Waals surface area contributed by atoms with Crippen molar-refractivity contribution in [3.8, 4) is 0 Å². The molecule has 0 bridgehead atoms. The van der Waals surface area contributed by atoms with Gasteiger partial charge in [-0.25, -0.2) is 4.79 Å². The molecule has 26 heavy (non-hydrogen) atoms. The van der Waals surface area contributed by atoms with E-state index in [-0.39, 0.29) is 23.9 Å². The van der Waals surface area contributed by atoms with Crippen LogP contribution in [0.25, 0.3) is 11.0 Å². The highest BCUT2D eigenvalue weighted by Gasteiger charge is 2.35. The van der Waals surface area contributed by atoms with E-state index in [1.807, 2.05) is 0 Å². The zero-order valence-corrected chi connectivity index (χ0v) is 13.9. The van der Waals surface area contributed by atoms with Crippen LogP contribution in [-0.2, 0) is 16.1 Å². The molecule has 1 atom stereocenters. The number of rotatable bonds is 1. The van der Waals surface area contributed by atoms with Crippen LogP contribution >= 0.6 is 0 Å². The van der Waals surface area contributed by atoms with Crippen molar-refractivity contribution in [1.82, 2.24) is 19.8 Å². The third-order valence-electron chi connectivity index (χ3n) is 5.44. The van der Waals surface area contributed by atoms with Crippen LogP contribution in [0, 0.1) is 0 Å². The molecule has 134 valence electrons. The molecule has 4 heterocycles. The molecule has 1 aromatic carbocycles. The summed E-state index contributed by atoms with van der Waals surface area (Å²) in [6.07, 6.45) is 0.500. The van der Waals surface area contributed by atoms with Gasteiger partial charge in [-0.05, 0) is 18.6 Å². The fourth-order valence-corrected chi connectivity index (χ4v) is 4.25. The van der Waals surface area contributed by atoms with Crippen molar-refractivity contribution in [2.24, 2.45) is 0 Å². The van der Waals surface area contributed by atoms with E-state index in [4.69, 9.17) is 0 Å². The molecule has 0 spiro atoms. The van der Waals surface area contributed by atoms with Gasteiger partial charge in [-0.15, -0.1) is 0 Å². The minimum absolute atomic E-state index is 0.154. The van der Waals surface area contributed by atoms with Crippen molar-refractivity contribution >= 4 is 34.4 Å². The average Bonchev–Trinajstić information content (AvgIpc) is 2.79. The van der Waals surface area contributed by atoms with E-state index in [1.165, 1.54) is 4.57 Å². The molecular formula is C17H17N5O4. The van der Waals surface area contributed by atoms with E-state index in [2.05, 4.69) is 15.5 Å². The van der Waals surface area contributed by atoms with E-state index < -0.39 is 11.9 Å². The molecule has 2 N–H and O–H groups in total. The van der Waals surface area contributed by atoms with Crippen molar-refractivity contribution in [3.63, 3.8) is 0 Å². The summed E-state index contributed by atoms with van der Waals surface area (Å²) in [7, 11) is 0. The van der Waals surface area contributed by atoms with Crippen molar-refractivity contribution in [2.45, 2.75) is 25.4 Å². The fraction of sp³-hybridized carbons (Fsp3) is 0.412. The van der Waals surface area contributed by atoms with Crippen LogP contribution in [0.1, 0.15) is 29.2 Å². The Balaban J connectivity index is 1.79. The molecule has 1 unspecified atom stereocenters. The first kappa shape index (κ1) is 15.2. The van der Waals surface area contributed by atoms with Crippen LogP contribution in [0.3, 0.4) is 0 Å². The number of carbonyl (C=O) groups excluding carboxylic acids is 3. The number of hydrogen-bond acceptors (Lipinski definition) is 5. The molecule has 0 aliphatic carbocycles. The SMILES string of the molecule is O=C1CCC(n2c(=O)n3c4c5c(ccc42)C(=O)NCCN5CC3)C(=O)N1. The van der Waals surface area contributed by atoms with Gasteiger partial charge in [-0.1, -0.05) is 0 Å². The number of aromatic nitrogens is 2. The van der Waals surface area contributed by atoms with Crippen LogP contribution in [0.4, 0.5) is 5.69 Å². The highest BCUT2D eigenvalue weighted by atomic mass is 16.2. The Labute approximate surface area is 147 Å². The first-order chi connectivity index (χ1) is 12.6. The van der Waals surface area contributed by atoms with Gasteiger partial charge in [0.15, 0.2) is 0 Å². The Morgan fingerprint density at radius 2 is 1.88 bits per heavy atom. The van der Waals surface area contributed by atoms with E-state index in [0.29, 0.717) is 49.2 Å². The molecule has 3 amide bonds. The molecule has 5 rings (SSSR count). The molecule has 1 saturated heterocycles. The second-order valence-electron chi connectivity index (χ2n) is 6.84.